The fourth-order valence-corrected chi connectivity index (χ4v) is 7.73. The van der Waals surface area contributed by atoms with Gasteiger partial charge in [0.2, 0.25) is 0 Å². The molecule has 8 nitrogen and oxygen atoms in total. The standard InChI is InChI=1S/C20H21N3O5S2.ClH/c24-29(25)12-18-20(13-29,22-8-7-21-18)17-11-15(10-14-6-9-28-19(14)17)23-30(26,27)16-4-2-1-3-5-16;/h1-6,9-11,18,21-23H,7-8,12-13H2;1H. The van der Waals surface area contributed by atoms with E-state index in [1.54, 1.807) is 36.4 Å². The first-order chi connectivity index (χ1) is 14.3. The zero-order valence-electron chi connectivity index (χ0n) is 16.4. The summed E-state index contributed by atoms with van der Waals surface area (Å²) < 4.78 is 59.1. The number of piperazine rings is 1. The van der Waals surface area contributed by atoms with Crippen LogP contribution in [0.25, 0.3) is 11.0 Å². The summed E-state index contributed by atoms with van der Waals surface area (Å²) in [6.45, 7) is 1.25. The number of rotatable bonds is 4. The van der Waals surface area contributed by atoms with E-state index in [1.807, 2.05) is 0 Å². The van der Waals surface area contributed by atoms with Gasteiger partial charge in [0, 0.05) is 30.1 Å². The van der Waals surface area contributed by atoms with Gasteiger partial charge in [0.15, 0.2) is 9.84 Å². The Labute approximate surface area is 186 Å². The SMILES string of the molecule is Cl.O=S1(=O)CC2NCCNC2(c2cc(NS(=O)(=O)c3ccccc3)cc3ccoc23)C1. The second kappa shape index (κ2) is 7.79. The Morgan fingerprint density at radius 3 is 2.65 bits per heavy atom. The van der Waals surface area contributed by atoms with Crippen molar-refractivity contribution in [3.8, 4) is 0 Å². The summed E-state index contributed by atoms with van der Waals surface area (Å²) in [5.41, 5.74) is 0.652. The normalized spacial score (nSPS) is 25.0. The van der Waals surface area contributed by atoms with Crippen molar-refractivity contribution in [3.05, 3.63) is 60.4 Å². The molecule has 2 atom stereocenters. The maximum absolute atomic E-state index is 12.8. The molecule has 0 amide bonds. The van der Waals surface area contributed by atoms with Gasteiger partial charge in [-0.25, -0.2) is 16.8 Å². The molecule has 2 saturated heterocycles. The molecular formula is C20H22ClN3O5S2. The lowest BCUT2D eigenvalue weighted by Crippen LogP contribution is -2.63. The van der Waals surface area contributed by atoms with Gasteiger partial charge in [0.1, 0.15) is 5.58 Å². The van der Waals surface area contributed by atoms with Crippen LogP contribution in [0.1, 0.15) is 5.56 Å². The van der Waals surface area contributed by atoms with E-state index in [-0.39, 0.29) is 34.9 Å². The third-order valence-electron chi connectivity index (χ3n) is 5.76. The molecule has 31 heavy (non-hydrogen) atoms. The number of fused-ring (bicyclic) bond motifs is 2. The number of benzene rings is 2. The van der Waals surface area contributed by atoms with Crippen LogP contribution < -0.4 is 15.4 Å². The minimum Gasteiger partial charge on any atom is -0.464 e. The van der Waals surface area contributed by atoms with Crippen LogP contribution in [0, 0.1) is 0 Å². The molecule has 5 rings (SSSR count). The molecule has 3 heterocycles. The van der Waals surface area contributed by atoms with Crippen LogP contribution in [0.2, 0.25) is 0 Å². The van der Waals surface area contributed by atoms with Crippen molar-refractivity contribution >= 4 is 48.9 Å². The number of sulfone groups is 1. The molecule has 0 saturated carbocycles. The second-order valence-electron chi connectivity index (χ2n) is 7.74. The monoisotopic (exact) mass is 483 g/mol. The molecule has 2 unspecified atom stereocenters. The Morgan fingerprint density at radius 1 is 1.10 bits per heavy atom. The first kappa shape index (κ1) is 22.1. The zero-order valence-corrected chi connectivity index (χ0v) is 18.8. The highest BCUT2D eigenvalue weighted by atomic mass is 35.5. The lowest BCUT2D eigenvalue weighted by Gasteiger charge is -2.40. The second-order valence-corrected chi connectivity index (χ2v) is 11.5. The number of hydrogen-bond acceptors (Lipinski definition) is 7. The van der Waals surface area contributed by atoms with E-state index in [9.17, 15) is 16.8 Å². The van der Waals surface area contributed by atoms with Crippen LogP contribution in [0.15, 0.2) is 64.1 Å². The smallest absolute Gasteiger partial charge is 0.261 e. The molecule has 2 aliphatic rings. The molecule has 2 aromatic carbocycles. The van der Waals surface area contributed by atoms with E-state index in [0.29, 0.717) is 35.3 Å². The highest BCUT2D eigenvalue weighted by Crippen LogP contribution is 2.41. The number of furan rings is 1. The average molecular weight is 484 g/mol. The van der Waals surface area contributed by atoms with Crippen molar-refractivity contribution in [1.82, 2.24) is 10.6 Å². The molecule has 0 bridgehead atoms. The van der Waals surface area contributed by atoms with E-state index in [4.69, 9.17) is 4.42 Å². The fraction of sp³-hybridized carbons (Fsp3) is 0.300. The first-order valence-corrected chi connectivity index (χ1v) is 12.9. The fourth-order valence-electron chi connectivity index (χ4n) is 4.49. The van der Waals surface area contributed by atoms with Gasteiger partial charge in [-0.3, -0.25) is 4.72 Å². The van der Waals surface area contributed by atoms with Crippen LogP contribution in [0.3, 0.4) is 0 Å². The predicted molar refractivity (Wildman–Crippen MR) is 121 cm³/mol. The summed E-state index contributed by atoms with van der Waals surface area (Å²) in [4.78, 5) is 0.149. The number of sulfonamides is 1. The first-order valence-electron chi connectivity index (χ1n) is 9.58. The summed E-state index contributed by atoms with van der Waals surface area (Å²) in [6.07, 6.45) is 1.52. The third kappa shape index (κ3) is 3.83. The van der Waals surface area contributed by atoms with E-state index in [2.05, 4.69) is 15.4 Å². The van der Waals surface area contributed by atoms with Gasteiger partial charge in [0.25, 0.3) is 10.0 Å². The lowest BCUT2D eigenvalue weighted by molar-refractivity contribution is 0.251. The van der Waals surface area contributed by atoms with E-state index < -0.39 is 25.4 Å². The predicted octanol–water partition coefficient (Wildman–Crippen LogP) is 1.84. The molecule has 11 heteroatoms. The van der Waals surface area contributed by atoms with Crippen molar-refractivity contribution < 1.29 is 21.3 Å². The summed E-state index contributed by atoms with van der Waals surface area (Å²) in [7, 11) is -7.08. The van der Waals surface area contributed by atoms with Crippen LogP contribution >= 0.6 is 12.4 Å². The molecule has 166 valence electrons. The van der Waals surface area contributed by atoms with Crippen LogP contribution in [0.5, 0.6) is 0 Å². The molecule has 3 N–H and O–H groups in total. The van der Waals surface area contributed by atoms with E-state index in [0.717, 1.165) is 0 Å². The Morgan fingerprint density at radius 2 is 1.87 bits per heavy atom. The van der Waals surface area contributed by atoms with Gasteiger partial charge in [-0.2, -0.15) is 0 Å². The van der Waals surface area contributed by atoms with Crippen molar-refractivity contribution in [3.63, 3.8) is 0 Å². The number of anilines is 1. The van der Waals surface area contributed by atoms with Crippen molar-refractivity contribution in [2.75, 3.05) is 29.3 Å². The quantitative estimate of drug-likeness (QED) is 0.518. The highest BCUT2D eigenvalue weighted by molar-refractivity contribution is 7.92. The van der Waals surface area contributed by atoms with Crippen LogP contribution in [-0.4, -0.2) is 47.5 Å². The number of halogens is 1. The van der Waals surface area contributed by atoms with Crippen LogP contribution in [-0.2, 0) is 25.4 Å². The summed E-state index contributed by atoms with van der Waals surface area (Å²) in [6, 6.07) is 12.9. The van der Waals surface area contributed by atoms with Gasteiger partial charge in [-0.05, 0) is 30.3 Å². The molecule has 0 aliphatic carbocycles. The van der Waals surface area contributed by atoms with Crippen molar-refractivity contribution in [2.24, 2.45) is 0 Å². The number of nitrogens with one attached hydrogen (secondary N) is 3. The molecule has 1 aromatic heterocycles. The minimum absolute atomic E-state index is 0. The Balaban J connectivity index is 0.00000231. The molecule has 3 aromatic rings. The molecule has 2 fully saturated rings. The van der Waals surface area contributed by atoms with Crippen LogP contribution in [0.4, 0.5) is 5.69 Å². The highest BCUT2D eigenvalue weighted by Gasteiger charge is 2.53. The Hall–Kier alpha value is -2.11. The summed E-state index contributed by atoms with van der Waals surface area (Å²) in [5, 5.41) is 7.39. The van der Waals surface area contributed by atoms with E-state index in [1.165, 1.54) is 18.4 Å². The zero-order chi connectivity index (χ0) is 21.0. The number of hydrogen-bond donors (Lipinski definition) is 3. The van der Waals surface area contributed by atoms with Gasteiger partial charge < -0.3 is 15.1 Å². The minimum atomic E-state index is -3.79. The van der Waals surface area contributed by atoms with Gasteiger partial charge >= 0.3 is 0 Å². The van der Waals surface area contributed by atoms with Crippen molar-refractivity contribution in [1.29, 1.82) is 0 Å². The maximum Gasteiger partial charge on any atom is 0.261 e. The van der Waals surface area contributed by atoms with Crippen molar-refractivity contribution in [2.45, 2.75) is 16.5 Å². The topological polar surface area (TPSA) is 118 Å². The molecular weight excluding hydrogens is 462 g/mol. The van der Waals surface area contributed by atoms with Gasteiger partial charge in [-0.15, -0.1) is 12.4 Å². The van der Waals surface area contributed by atoms with Gasteiger partial charge in [-0.1, -0.05) is 18.2 Å². The third-order valence-corrected chi connectivity index (χ3v) is 8.89. The summed E-state index contributed by atoms with van der Waals surface area (Å²) >= 11 is 0. The molecule has 0 radical (unpaired) electrons. The largest absolute Gasteiger partial charge is 0.464 e. The maximum atomic E-state index is 12.8. The Kier molecular flexibility index (Phi) is 5.55. The molecule has 0 spiro atoms. The average Bonchev–Trinajstić information content (AvgIpc) is 3.28. The molecule has 2 aliphatic heterocycles. The lowest BCUT2D eigenvalue weighted by atomic mass is 9.82. The summed E-state index contributed by atoms with van der Waals surface area (Å²) in [5.74, 6) is -0.0650. The Bertz CT molecular complexity index is 1330. The van der Waals surface area contributed by atoms with Gasteiger partial charge in [0.05, 0.1) is 33.9 Å². The van der Waals surface area contributed by atoms with E-state index >= 15 is 0 Å².